The SMILES string of the molecule is CC(C)(C)P(O)(O)(OCl)C(C)(C)C. The predicted molar refractivity (Wildman–Crippen MR) is 57.8 cm³/mol. The topological polar surface area (TPSA) is 49.7 Å². The van der Waals surface area contributed by atoms with Crippen molar-refractivity contribution in [3.05, 3.63) is 0 Å². The van der Waals surface area contributed by atoms with Gasteiger partial charge in [0.25, 0.3) is 0 Å². The van der Waals surface area contributed by atoms with E-state index >= 15 is 0 Å². The zero-order valence-corrected chi connectivity index (χ0v) is 10.8. The van der Waals surface area contributed by atoms with E-state index in [1.807, 2.05) is 0 Å². The normalized spacial score (nSPS) is 18.1. The fourth-order valence-electron chi connectivity index (χ4n) is 1.21. The zero-order valence-electron chi connectivity index (χ0n) is 9.13. The monoisotopic (exact) mass is 230 g/mol. The van der Waals surface area contributed by atoms with Gasteiger partial charge in [-0.05, 0) is 0 Å². The van der Waals surface area contributed by atoms with E-state index in [1.165, 1.54) is 0 Å². The molecule has 3 nitrogen and oxygen atoms in total. The maximum absolute atomic E-state index is 10.3. The first kappa shape index (κ1) is 13.6. The molecular formula is C8H20ClO3P. The molecule has 0 saturated heterocycles. The van der Waals surface area contributed by atoms with Crippen LogP contribution in [0.15, 0.2) is 0 Å². The van der Waals surface area contributed by atoms with Gasteiger partial charge in [-0.1, -0.05) is 0 Å². The van der Waals surface area contributed by atoms with Crippen molar-refractivity contribution in [3.8, 4) is 0 Å². The average Bonchev–Trinajstić information content (AvgIpc) is 1.83. The second kappa shape index (κ2) is 3.04. The Morgan fingerprint density at radius 1 is 0.923 bits per heavy atom. The Hall–Kier alpha value is 0.600. The molecule has 0 fully saturated rings. The van der Waals surface area contributed by atoms with Crippen LogP contribution in [0.5, 0.6) is 0 Å². The van der Waals surface area contributed by atoms with Gasteiger partial charge in [-0.15, -0.1) is 0 Å². The molecule has 0 rings (SSSR count). The van der Waals surface area contributed by atoms with Crippen molar-refractivity contribution in [2.75, 3.05) is 0 Å². The van der Waals surface area contributed by atoms with Crippen molar-refractivity contribution >= 4 is 19.2 Å². The van der Waals surface area contributed by atoms with Crippen LogP contribution in [-0.2, 0) is 4.08 Å². The van der Waals surface area contributed by atoms with E-state index in [-0.39, 0.29) is 0 Å². The van der Waals surface area contributed by atoms with Crippen molar-refractivity contribution in [2.45, 2.75) is 51.9 Å². The van der Waals surface area contributed by atoms with Crippen LogP contribution >= 0.6 is 19.2 Å². The van der Waals surface area contributed by atoms with Crippen molar-refractivity contribution in [1.29, 1.82) is 0 Å². The summed E-state index contributed by atoms with van der Waals surface area (Å²) in [6, 6.07) is 0. The van der Waals surface area contributed by atoms with E-state index in [0.29, 0.717) is 0 Å². The number of hydrogen-bond acceptors (Lipinski definition) is 3. The molecule has 0 bridgehead atoms. The van der Waals surface area contributed by atoms with Gasteiger partial charge in [0.05, 0.1) is 0 Å². The molecule has 0 aliphatic carbocycles. The molecule has 13 heavy (non-hydrogen) atoms. The Labute approximate surface area is 85.4 Å². The second-order valence-electron chi connectivity index (χ2n) is 5.36. The summed E-state index contributed by atoms with van der Waals surface area (Å²) in [4.78, 5) is 20.6. The predicted octanol–water partition coefficient (Wildman–Crippen LogP) is 3.04. The molecule has 0 radical (unpaired) electrons. The molecule has 0 atom stereocenters. The second-order valence-corrected chi connectivity index (χ2v) is 10.5. The quantitative estimate of drug-likeness (QED) is 0.681. The van der Waals surface area contributed by atoms with Crippen LogP contribution in [0.3, 0.4) is 0 Å². The Kier molecular flexibility index (Phi) is 3.18. The van der Waals surface area contributed by atoms with Crippen LogP contribution in [0.25, 0.3) is 0 Å². The Balaban J connectivity index is 5.50. The maximum atomic E-state index is 10.3. The van der Waals surface area contributed by atoms with Gasteiger partial charge in [-0.3, -0.25) is 0 Å². The molecule has 0 aromatic carbocycles. The van der Waals surface area contributed by atoms with Gasteiger partial charge >= 0.3 is 84.9 Å². The summed E-state index contributed by atoms with van der Waals surface area (Å²) in [7, 11) is -4.34. The number of halogens is 1. The van der Waals surface area contributed by atoms with Crippen molar-refractivity contribution < 1.29 is 13.9 Å². The fourth-order valence-corrected chi connectivity index (χ4v) is 4.88. The molecule has 0 aromatic heterocycles. The van der Waals surface area contributed by atoms with Gasteiger partial charge in [0, 0.05) is 0 Å². The first-order chi connectivity index (χ1) is 5.36. The van der Waals surface area contributed by atoms with Crippen molar-refractivity contribution in [3.63, 3.8) is 0 Å². The average molecular weight is 231 g/mol. The van der Waals surface area contributed by atoms with E-state index < -0.39 is 17.6 Å². The van der Waals surface area contributed by atoms with E-state index in [2.05, 4.69) is 4.08 Å². The van der Waals surface area contributed by atoms with E-state index in [0.717, 1.165) is 0 Å². The standard InChI is InChI=1S/C8H20ClO3P/c1-7(2,3)13(10,11,12-9)8(4,5)6/h10-11H,1-6H3. The fraction of sp³-hybridized carbons (Fsp3) is 1.00. The van der Waals surface area contributed by atoms with Crippen LogP contribution in [0.2, 0.25) is 0 Å². The molecule has 2 N–H and O–H groups in total. The minimum atomic E-state index is -4.34. The molecule has 0 unspecified atom stereocenters. The molecule has 0 heterocycles. The van der Waals surface area contributed by atoms with E-state index in [1.54, 1.807) is 41.5 Å². The molecule has 0 saturated carbocycles. The van der Waals surface area contributed by atoms with Gasteiger partial charge in [-0.25, -0.2) is 0 Å². The minimum absolute atomic E-state index is 0.786. The summed E-state index contributed by atoms with van der Waals surface area (Å²) < 4.78 is 4.57. The Morgan fingerprint density at radius 2 is 1.15 bits per heavy atom. The third kappa shape index (κ3) is 1.73. The van der Waals surface area contributed by atoms with Gasteiger partial charge in [0.15, 0.2) is 0 Å². The number of hydrogen-bond donors (Lipinski definition) is 2. The van der Waals surface area contributed by atoms with Gasteiger partial charge in [-0.2, -0.15) is 0 Å². The van der Waals surface area contributed by atoms with Crippen molar-refractivity contribution in [1.82, 2.24) is 0 Å². The molecule has 0 amide bonds. The zero-order chi connectivity index (χ0) is 11.2. The van der Waals surface area contributed by atoms with Crippen LogP contribution in [0.4, 0.5) is 0 Å². The van der Waals surface area contributed by atoms with E-state index in [4.69, 9.17) is 11.9 Å². The molecule has 82 valence electrons. The number of rotatable bonds is 1. The Morgan fingerprint density at radius 3 is 1.15 bits per heavy atom. The van der Waals surface area contributed by atoms with Crippen LogP contribution in [-0.4, -0.2) is 20.1 Å². The van der Waals surface area contributed by atoms with Crippen LogP contribution in [0.1, 0.15) is 41.5 Å². The molecular weight excluding hydrogens is 211 g/mol. The van der Waals surface area contributed by atoms with Crippen molar-refractivity contribution in [2.24, 2.45) is 0 Å². The Bertz CT molecular complexity index is 184. The van der Waals surface area contributed by atoms with E-state index in [9.17, 15) is 9.79 Å². The van der Waals surface area contributed by atoms with Gasteiger partial charge < -0.3 is 0 Å². The molecule has 5 heteroatoms. The van der Waals surface area contributed by atoms with Gasteiger partial charge in [0.2, 0.25) is 0 Å². The summed E-state index contributed by atoms with van der Waals surface area (Å²) in [6.07, 6.45) is 0. The summed E-state index contributed by atoms with van der Waals surface area (Å²) >= 11 is 5.28. The van der Waals surface area contributed by atoms with Gasteiger partial charge in [0.1, 0.15) is 0 Å². The first-order valence-corrected chi connectivity index (χ1v) is 6.55. The molecule has 0 spiro atoms. The summed E-state index contributed by atoms with van der Waals surface area (Å²) in [6.45, 7) is 10.2. The summed E-state index contributed by atoms with van der Waals surface area (Å²) in [5, 5.41) is -1.57. The molecule has 0 aliphatic rings. The molecule has 0 aromatic rings. The van der Waals surface area contributed by atoms with Crippen LogP contribution in [0, 0.1) is 0 Å². The molecule has 0 aliphatic heterocycles. The third-order valence-corrected chi connectivity index (χ3v) is 8.43. The third-order valence-electron chi connectivity index (χ3n) is 2.55. The summed E-state index contributed by atoms with van der Waals surface area (Å²) in [5.74, 6) is 0. The first-order valence-electron chi connectivity index (χ1n) is 4.18. The summed E-state index contributed by atoms with van der Waals surface area (Å²) in [5.41, 5.74) is 0. The van der Waals surface area contributed by atoms with Crippen LogP contribution < -0.4 is 0 Å².